The fourth-order valence-electron chi connectivity index (χ4n) is 1.85. The minimum atomic E-state index is -3.63. The maximum atomic E-state index is 12.1. The highest BCUT2D eigenvalue weighted by Crippen LogP contribution is 2.18. The van der Waals surface area contributed by atoms with Crippen LogP contribution < -0.4 is 14.8 Å². The number of hydrogen-bond acceptors (Lipinski definition) is 4. The van der Waals surface area contributed by atoms with E-state index in [9.17, 15) is 22.0 Å². The second-order valence-corrected chi connectivity index (χ2v) is 6.48. The summed E-state index contributed by atoms with van der Waals surface area (Å²) in [5.74, 6) is -0.582. The first kappa shape index (κ1) is 17.8. The van der Waals surface area contributed by atoms with Crippen molar-refractivity contribution >= 4 is 21.6 Å². The lowest BCUT2D eigenvalue weighted by Gasteiger charge is -2.09. The molecule has 2 aromatic carbocycles. The largest absolute Gasteiger partial charge is 0.435 e. The van der Waals surface area contributed by atoms with E-state index in [1.165, 1.54) is 55.6 Å². The second-order valence-electron chi connectivity index (χ2n) is 4.59. The van der Waals surface area contributed by atoms with E-state index in [4.69, 9.17) is 0 Å². The highest BCUT2D eigenvalue weighted by atomic mass is 32.2. The number of rotatable bonds is 6. The molecule has 0 atom stereocenters. The van der Waals surface area contributed by atoms with Gasteiger partial charge in [0.1, 0.15) is 5.75 Å². The number of ether oxygens (including phenoxy) is 1. The number of carbonyl (C=O) groups is 1. The lowest BCUT2D eigenvalue weighted by molar-refractivity contribution is -0.0498. The van der Waals surface area contributed by atoms with Gasteiger partial charge in [0.05, 0.1) is 4.90 Å². The molecule has 0 saturated heterocycles. The van der Waals surface area contributed by atoms with Crippen molar-refractivity contribution in [3.63, 3.8) is 0 Å². The summed E-state index contributed by atoms with van der Waals surface area (Å²) in [6, 6.07) is 10.8. The maximum Gasteiger partial charge on any atom is 0.387 e. The average Bonchev–Trinajstić information content (AvgIpc) is 2.55. The van der Waals surface area contributed by atoms with Gasteiger partial charge in [-0.2, -0.15) is 8.78 Å². The number of carbonyl (C=O) groups excluding carboxylic acids is 1. The summed E-state index contributed by atoms with van der Waals surface area (Å²) in [6.45, 7) is -2.94. The van der Waals surface area contributed by atoms with Crippen molar-refractivity contribution in [3.05, 3.63) is 54.1 Å². The molecule has 0 bridgehead atoms. The zero-order valence-corrected chi connectivity index (χ0v) is 13.3. The van der Waals surface area contributed by atoms with Gasteiger partial charge in [-0.25, -0.2) is 13.1 Å². The molecule has 24 heavy (non-hydrogen) atoms. The normalized spacial score (nSPS) is 11.3. The first-order chi connectivity index (χ1) is 11.3. The van der Waals surface area contributed by atoms with E-state index in [0.29, 0.717) is 0 Å². The Morgan fingerprint density at radius 3 is 2.38 bits per heavy atom. The molecule has 9 heteroatoms. The van der Waals surface area contributed by atoms with Crippen LogP contribution in [0.15, 0.2) is 53.4 Å². The summed E-state index contributed by atoms with van der Waals surface area (Å²) >= 11 is 0. The SMILES string of the molecule is CNS(=O)(=O)c1cccc(NC(=O)c2ccc(OC(F)F)cc2)c1. The molecule has 0 aliphatic heterocycles. The topological polar surface area (TPSA) is 84.5 Å². The molecule has 2 N–H and O–H groups in total. The number of nitrogens with one attached hydrogen (secondary N) is 2. The highest BCUT2D eigenvalue weighted by Gasteiger charge is 2.13. The van der Waals surface area contributed by atoms with Crippen molar-refractivity contribution in [3.8, 4) is 5.75 Å². The van der Waals surface area contributed by atoms with E-state index in [1.807, 2.05) is 0 Å². The molecular weight excluding hydrogens is 342 g/mol. The Kier molecular flexibility index (Phi) is 5.47. The molecule has 2 rings (SSSR count). The Labute approximate surface area is 137 Å². The summed E-state index contributed by atoms with van der Waals surface area (Å²) in [5, 5.41) is 2.53. The van der Waals surface area contributed by atoms with Gasteiger partial charge in [0, 0.05) is 11.3 Å². The summed E-state index contributed by atoms with van der Waals surface area (Å²) in [6.07, 6.45) is 0. The van der Waals surface area contributed by atoms with Crippen LogP contribution in [0, 0.1) is 0 Å². The first-order valence-electron chi connectivity index (χ1n) is 6.71. The van der Waals surface area contributed by atoms with Gasteiger partial charge in [-0.15, -0.1) is 0 Å². The van der Waals surface area contributed by atoms with Gasteiger partial charge in [-0.1, -0.05) is 6.07 Å². The van der Waals surface area contributed by atoms with Crippen LogP contribution in [0.3, 0.4) is 0 Å². The predicted molar refractivity (Wildman–Crippen MR) is 83.7 cm³/mol. The average molecular weight is 356 g/mol. The number of alkyl halides is 2. The monoisotopic (exact) mass is 356 g/mol. The van der Waals surface area contributed by atoms with E-state index >= 15 is 0 Å². The van der Waals surface area contributed by atoms with Crippen LogP contribution in [0.2, 0.25) is 0 Å². The van der Waals surface area contributed by atoms with Gasteiger partial charge in [0.25, 0.3) is 5.91 Å². The third-order valence-corrected chi connectivity index (χ3v) is 4.42. The lowest BCUT2D eigenvalue weighted by Crippen LogP contribution is -2.19. The Morgan fingerprint density at radius 2 is 1.79 bits per heavy atom. The van der Waals surface area contributed by atoms with E-state index < -0.39 is 22.5 Å². The quantitative estimate of drug-likeness (QED) is 0.833. The number of sulfonamides is 1. The van der Waals surface area contributed by atoms with E-state index in [0.717, 1.165) is 0 Å². The van der Waals surface area contributed by atoms with Crippen molar-refractivity contribution in [2.75, 3.05) is 12.4 Å². The van der Waals surface area contributed by atoms with E-state index in [1.54, 1.807) is 0 Å². The van der Waals surface area contributed by atoms with Crippen molar-refractivity contribution in [1.29, 1.82) is 0 Å². The minimum absolute atomic E-state index is 0.00322. The molecule has 0 aliphatic carbocycles. The Morgan fingerprint density at radius 1 is 1.12 bits per heavy atom. The van der Waals surface area contributed by atoms with Crippen molar-refractivity contribution in [1.82, 2.24) is 4.72 Å². The number of benzene rings is 2. The van der Waals surface area contributed by atoms with E-state index in [2.05, 4.69) is 14.8 Å². The molecule has 0 aliphatic rings. The van der Waals surface area contributed by atoms with Gasteiger partial charge in [-0.05, 0) is 49.5 Å². The van der Waals surface area contributed by atoms with Crippen LogP contribution in [0.1, 0.15) is 10.4 Å². The Hall–Kier alpha value is -2.52. The Balaban J connectivity index is 2.14. The minimum Gasteiger partial charge on any atom is -0.435 e. The smallest absolute Gasteiger partial charge is 0.387 e. The summed E-state index contributed by atoms with van der Waals surface area (Å²) in [4.78, 5) is 12.1. The fourth-order valence-corrected chi connectivity index (χ4v) is 2.63. The molecule has 0 saturated carbocycles. The number of halogens is 2. The van der Waals surface area contributed by atoms with Gasteiger partial charge >= 0.3 is 6.61 Å². The standard InChI is InChI=1S/C15H14F2N2O4S/c1-18-24(21,22)13-4-2-3-11(9-13)19-14(20)10-5-7-12(8-6-10)23-15(16)17/h2-9,15,18H,1H3,(H,19,20). The molecule has 0 radical (unpaired) electrons. The fraction of sp³-hybridized carbons (Fsp3) is 0.133. The lowest BCUT2D eigenvalue weighted by atomic mass is 10.2. The molecule has 6 nitrogen and oxygen atoms in total. The zero-order chi connectivity index (χ0) is 17.7. The van der Waals surface area contributed by atoms with Gasteiger partial charge in [0.2, 0.25) is 10.0 Å². The summed E-state index contributed by atoms with van der Waals surface area (Å²) in [5.41, 5.74) is 0.489. The van der Waals surface area contributed by atoms with Crippen LogP contribution in [-0.2, 0) is 10.0 Å². The van der Waals surface area contributed by atoms with Crippen LogP contribution in [0.5, 0.6) is 5.75 Å². The summed E-state index contributed by atoms with van der Waals surface area (Å²) < 4.78 is 54.0. The maximum absolute atomic E-state index is 12.1. The van der Waals surface area contributed by atoms with Crippen LogP contribution in [0.4, 0.5) is 14.5 Å². The van der Waals surface area contributed by atoms with Crippen LogP contribution in [-0.4, -0.2) is 28.0 Å². The van der Waals surface area contributed by atoms with Crippen molar-refractivity contribution in [2.24, 2.45) is 0 Å². The predicted octanol–water partition coefficient (Wildman–Crippen LogP) is 2.45. The number of anilines is 1. The second kappa shape index (κ2) is 7.37. The Bertz CT molecular complexity index is 824. The molecule has 128 valence electrons. The van der Waals surface area contributed by atoms with Crippen LogP contribution in [0.25, 0.3) is 0 Å². The number of hydrogen-bond donors (Lipinski definition) is 2. The number of amides is 1. The van der Waals surface area contributed by atoms with Gasteiger partial charge in [0.15, 0.2) is 0 Å². The molecule has 2 aromatic rings. The summed E-state index contributed by atoms with van der Waals surface area (Å²) in [7, 11) is -2.35. The van der Waals surface area contributed by atoms with Crippen molar-refractivity contribution in [2.45, 2.75) is 11.5 Å². The third-order valence-electron chi connectivity index (χ3n) is 3.01. The molecule has 0 aromatic heterocycles. The van der Waals surface area contributed by atoms with E-state index in [-0.39, 0.29) is 21.9 Å². The first-order valence-corrected chi connectivity index (χ1v) is 8.20. The molecule has 0 spiro atoms. The zero-order valence-electron chi connectivity index (χ0n) is 12.5. The molecule has 0 heterocycles. The molecular formula is C15H14F2N2O4S. The van der Waals surface area contributed by atoms with Gasteiger partial charge < -0.3 is 10.1 Å². The molecule has 0 fully saturated rings. The third kappa shape index (κ3) is 4.49. The molecule has 1 amide bonds. The van der Waals surface area contributed by atoms with Crippen molar-refractivity contribution < 1.29 is 26.7 Å². The molecule has 0 unspecified atom stereocenters. The van der Waals surface area contributed by atoms with Gasteiger partial charge in [-0.3, -0.25) is 4.79 Å². The highest BCUT2D eigenvalue weighted by molar-refractivity contribution is 7.89. The van der Waals surface area contributed by atoms with Crippen LogP contribution >= 0.6 is 0 Å².